The zero-order valence-corrected chi connectivity index (χ0v) is 22.7. The molecule has 210 valence electrons. The van der Waals surface area contributed by atoms with Crippen LogP contribution in [0.3, 0.4) is 0 Å². The highest BCUT2D eigenvalue weighted by molar-refractivity contribution is 6.33. The third-order valence-electron chi connectivity index (χ3n) is 6.85. The number of nitrogens with zero attached hydrogens (tertiary/aromatic N) is 2. The van der Waals surface area contributed by atoms with E-state index in [1.807, 2.05) is 24.0 Å². The Hall–Kier alpha value is -2.59. The van der Waals surface area contributed by atoms with Gasteiger partial charge in [-0.1, -0.05) is 48.3 Å². The summed E-state index contributed by atoms with van der Waals surface area (Å²) in [7, 11) is 0. The minimum atomic E-state index is -0.783. The summed E-state index contributed by atoms with van der Waals surface area (Å²) in [4.78, 5) is 20.5. The maximum atomic E-state index is 12.9. The number of carbonyl (C=O) groups is 1. The monoisotopic (exact) mass is 550 g/mol. The van der Waals surface area contributed by atoms with Crippen LogP contribution in [-0.4, -0.2) is 77.1 Å². The lowest BCUT2D eigenvalue weighted by atomic mass is 9.91. The first-order valence-corrected chi connectivity index (χ1v) is 13.6. The number of rotatable bonds is 7. The predicted octanol–water partition coefficient (Wildman–Crippen LogP) is 4.57. The summed E-state index contributed by atoms with van der Waals surface area (Å²) in [6.07, 6.45) is 9.65. The highest BCUT2D eigenvalue weighted by Gasteiger charge is 2.27. The fraction of sp³-hybridized carbons (Fsp3) is 0.571. The van der Waals surface area contributed by atoms with Crippen LogP contribution in [0.15, 0.2) is 36.0 Å². The van der Waals surface area contributed by atoms with Crippen LogP contribution in [0.25, 0.3) is 0 Å². The topological polar surface area (TPSA) is 121 Å². The molecule has 0 aliphatic carbocycles. The molecule has 9 nitrogen and oxygen atoms in total. The smallest absolute Gasteiger partial charge is 0.342 e. The quantitative estimate of drug-likeness (QED) is 0.256. The minimum absolute atomic E-state index is 0.0159. The molecule has 3 unspecified atom stereocenters. The number of carbonyl (C=O) groups excluding carboxylic acids is 1. The zero-order valence-electron chi connectivity index (χ0n) is 22.0. The van der Waals surface area contributed by atoms with Crippen LogP contribution in [-0.2, 0) is 20.7 Å². The van der Waals surface area contributed by atoms with E-state index in [1.165, 1.54) is 0 Å². The molecular formula is C28H39ClN2O7. The van der Waals surface area contributed by atoms with Gasteiger partial charge < -0.3 is 29.6 Å². The molecule has 2 aliphatic rings. The first kappa shape index (κ1) is 30.0. The summed E-state index contributed by atoms with van der Waals surface area (Å²) < 4.78 is 11.3. The van der Waals surface area contributed by atoms with E-state index in [-0.39, 0.29) is 53.6 Å². The highest BCUT2D eigenvalue weighted by atomic mass is 35.5. The predicted molar refractivity (Wildman–Crippen MR) is 146 cm³/mol. The molecule has 3 N–H and O–H groups in total. The van der Waals surface area contributed by atoms with Gasteiger partial charge in [-0.05, 0) is 43.6 Å². The van der Waals surface area contributed by atoms with Crippen molar-refractivity contribution in [2.24, 2.45) is 11.1 Å². The van der Waals surface area contributed by atoms with Gasteiger partial charge in [-0.25, -0.2) is 4.79 Å². The van der Waals surface area contributed by atoms with Crippen molar-refractivity contribution in [3.8, 4) is 11.5 Å². The molecule has 1 aromatic rings. The number of esters is 1. The molecule has 0 bridgehead atoms. The van der Waals surface area contributed by atoms with Gasteiger partial charge >= 0.3 is 5.97 Å². The first-order chi connectivity index (χ1) is 18.3. The molecule has 3 rings (SSSR count). The summed E-state index contributed by atoms with van der Waals surface area (Å²) in [5.74, 6) is -1.68. The third kappa shape index (κ3) is 8.46. The average molecular weight is 551 g/mol. The number of oxime groups is 1. The van der Waals surface area contributed by atoms with Crippen LogP contribution in [0.2, 0.25) is 5.02 Å². The van der Waals surface area contributed by atoms with Crippen LogP contribution >= 0.6 is 11.6 Å². The molecule has 3 atom stereocenters. The molecule has 2 aliphatic heterocycles. The van der Waals surface area contributed by atoms with Gasteiger partial charge in [-0.2, -0.15) is 0 Å². The summed E-state index contributed by atoms with van der Waals surface area (Å²) in [5, 5.41) is 35.7. The highest BCUT2D eigenvalue weighted by Crippen LogP contribution is 2.37. The Morgan fingerprint density at radius 1 is 1.26 bits per heavy atom. The summed E-state index contributed by atoms with van der Waals surface area (Å²) in [6, 6.07) is 1.03. The van der Waals surface area contributed by atoms with E-state index in [0.29, 0.717) is 31.6 Å². The molecule has 0 spiro atoms. The number of likely N-dealkylation sites (tertiary alicyclic amines) is 1. The van der Waals surface area contributed by atoms with Crippen molar-refractivity contribution < 1.29 is 34.4 Å². The lowest BCUT2D eigenvalue weighted by molar-refractivity contribution is -0.0647. The molecule has 0 aromatic heterocycles. The molecule has 1 aromatic carbocycles. The number of phenols is 2. The number of fused-ring (bicyclic) bond motifs is 1. The van der Waals surface area contributed by atoms with Crippen LogP contribution in [0.5, 0.6) is 11.5 Å². The van der Waals surface area contributed by atoms with E-state index in [1.54, 1.807) is 6.08 Å². The number of cyclic esters (lactones) is 1. The maximum absolute atomic E-state index is 12.9. The molecule has 2 heterocycles. The number of aliphatic hydroxyl groups excluding tert-OH is 1. The van der Waals surface area contributed by atoms with Crippen molar-refractivity contribution in [3.05, 3.63) is 47.0 Å². The van der Waals surface area contributed by atoms with Crippen molar-refractivity contribution in [2.75, 3.05) is 32.9 Å². The third-order valence-corrected chi connectivity index (χ3v) is 7.27. The van der Waals surface area contributed by atoms with E-state index in [2.05, 4.69) is 11.7 Å². The standard InChI is InChI=1S/C28H39ClN2O7/c1-3-14-36-20-9-5-8-15-37-28(35)26-21(27(29)24(33)17-23(26)32)16-22(19(2)10-11-20)30-38-18-25(34)31-12-6-4-7-13-31/h3,5,9,17,19-20,25,32-34H,1,4,6-8,10-16,18H2,2H3. The fourth-order valence-electron chi connectivity index (χ4n) is 4.61. The SMILES string of the molecule is C=CCOC1C=CCCOC(=O)c2c(O)cc(O)c(Cl)c2CC(=NOCC(O)N2CCCCC2)C(C)CC1. The summed E-state index contributed by atoms with van der Waals surface area (Å²) in [6.45, 7) is 7.77. The average Bonchev–Trinajstić information content (AvgIpc) is 2.91. The maximum Gasteiger partial charge on any atom is 0.342 e. The van der Waals surface area contributed by atoms with Crippen molar-refractivity contribution in [3.63, 3.8) is 0 Å². The Kier molecular flexibility index (Phi) is 11.9. The normalized spacial score (nSPS) is 23.8. The Balaban J connectivity index is 1.90. The molecule has 1 fully saturated rings. The number of ether oxygens (including phenoxy) is 2. The minimum Gasteiger partial charge on any atom is -0.507 e. The lowest BCUT2D eigenvalue weighted by Crippen LogP contribution is -2.41. The van der Waals surface area contributed by atoms with Crippen molar-refractivity contribution in [2.45, 2.75) is 64.2 Å². The van der Waals surface area contributed by atoms with Crippen molar-refractivity contribution >= 4 is 23.3 Å². The number of benzene rings is 1. The second kappa shape index (κ2) is 15.1. The van der Waals surface area contributed by atoms with E-state index >= 15 is 0 Å². The number of piperidine rings is 1. The van der Waals surface area contributed by atoms with E-state index in [4.69, 9.17) is 25.9 Å². The number of aliphatic hydroxyl groups is 1. The number of hydrogen-bond donors (Lipinski definition) is 3. The molecular weight excluding hydrogens is 512 g/mol. The molecule has 0 radical (unpaired) electrons. The van der Waals surface area contributed by atoms with Gasteiger partial charge in [0.05, 0.1) is 30.1 Å². The molecule has 1 saturated heterocycles. The van der Waals surface area contributed by atoms with Gasteiger partial charge in [0.15, 0.2) is 6.61 Å². The number of hydrogen-bond acceptors (Lipinski definition) is 9. The van der Waals surface area contributed by atoms with Gasteiger partial charge in [0, 0.05) is 25.6 Å². The zero-order chi connectivity index (χ0) is 27.5. The molecule has 0 saturated carbocycles. The first-order valence-electron chi connectivity index (χ1n) is 13.2. The Labute approximate surface area is 229 Å². The summed E-state index contributed by atoms with van der Waals surface area (Å²) >= 11 is 6.43. The lowest BCUT2D eigenvalue weighted by Gasteiger charge is -2.30. The Morgan fingerprint density at radius 2 is 2.03 bits per heavy atom. The largest absolute Gasteiger partial charge is 0.507 e. The van der Waals surface area contributed by atoms with E-state index in [9.17, 15) is 20.1 Å². The Bertz CT molecular complexity index is 1010. The van der Waals surface area contributed by atoms with Gasteiger partial charge in [0.25, 0.3) is 0 Å². The van der Waals surface area contributed by atoms with Crippen LogP contribution in [0.1, 0.15) is 61.4 Å². The van der Waals surface area contributed by atoms with E-state index < -0.39 is 17.9 Å². The van der Waals surface area contributed by atoms with Crippen molar-refractivity contribution in [1.29, 1.82) is 0 Å². The van der Waals surface area contributed by atoms with Crippen LogP contribution < -0.4 is 0 Å². The number of aromatic hydroxyl groups is 2. The van der Waals surface area contributed by atoms with E-state index in [0.717, 1.165) is 38.4 Å². The van der Waals surface area contributed by atoms with Gasteiger partial charge in [0.1, 0.15) is 23.3 Å². The molecule has 0 amide bonds. The van der Waals surface area contributed by atoms with Crippen LogP contribution in [0.4, 0.5) is 0 Å². The fourth-order valence-corrected chi connectivity index (χ4v) is 4.83. The number of halogens is 1. The van der Waals surface area contributed by atoms with Crippen LogP contribution in [0, 0.1) is 5.92 Å². The van der Waals surface area contributed by atoms with Crippen molar-refractivity contribution in [1.82, 2.24) is 4.90 Å². The second-order valence-electron chi connectivity index (χ2n) is 9.71. The molecule has 38 heavy (non-hydrogen) atoms. The van der Waals surface area contributed by atoms with Gasteiger partial charge in [0.2, 0.25) is 0 Å². The summed E-state index contributed by atoms with van der Waals surface area (Å²) in [5.41, 5.74) is 0.626. The second-order valence-corrected chi connectivity index (χ2v) is 10.1. The molecule has 10 heteroatoms. The van der Waals surface area contributed by atoms with Gasteiger partial charge in [-0.15, -0.1) is 6.58 Å². The Morgan fingerprint density at radius 3 is 2.76 bits per heavy atom. The van der Waals surface area contributed by atoms with Gasteiger partial charge in [-0.3, -0.25) is 4.90 Å². The number of phenolic OH excluding ortho intramolecular Hbond substituents is 2.